The zero-order valence-electron chi connectivity index (χ0n) is 20.9. The number of fused-ring (bicyclic) bond motifs is 2. The molecule has 0 aromatic heterocycles. The average molecular weight is 520 g/mol. The van der Waals surface area contributed by atoms with Crippen molar-refractivity contribution in [2.75, 3.05) is 26.2 Å². The maximum Gasteiger partial charge on any atom is 0.241 e. The van der Waals surface area contributed by atoms with Crippen LogP contribution in [-0.2, 0) is 32.5 Å². The summed E-state index contributed by atoms with van der Waals surface area (Å²) in [5.74, 6) is -0.0752. The molecule has 0 saturated carbocycles. The Balaban J connectivity index is 1.07. The summed E-state index contributed by atoms with van der Waals surface area (Å²) in [6.07, 6.45) is 3.85. The molecule has 1 heterocycles. The van der Waals surface area contributed by atoms with Gasteiger partial charge in [-0.3, -0.25) is 9.59 Å². The molecule has 3 aromatic carbocycles. The van der Waals surface area contributed by atoms with Gasteiger partial charge in [-0.2, -0.15) is 0 Å². The first-order valence-corrected chi connectivity index (χ1v) is 14.5. The van der Waals surface area contributed by atoms with Crippen LogP contribution in [0.25, 0.3) is 10.8 Å². The average Bonchev–Trinajstić information content (AvgIpc) is 2.94. The van der Waals surface area contributed by atoms with Gasteiger partial charge in [0.25, 0.3) is 0 Å². The summed E-state index contributed by atoms with van der Waals surface area (Å²) in [5.41, 5.74) is 2.53. The molecule has 0 radical (unpaired) electrons. The first kappa shape index (κ1) is 25.4. The Morgan fingerprint density at radius 2 is 1.57 bits per heavy atom. The second-order valence-electron chi connectivity index (χ2n) is 10.1. The van der Waals surface area contributed by atoms with Crippen molar-refractivity contribution >= 4 is 32.6 Å². The van der Waals surface area contributed by atoms with Crippen LogP contribution < -0.4 is 10.0 Å². The predicted molar refractivity (Wildman–Crippen MR) is 143 cm³/mol. The second kappa shape index (κ2) is 11.0. The summed E-state index contributed by atoms with van der Waals surface area (Å²) in [6.45, 7) is 1.47. The van der Waals surface area contributed by atoms with Crippen molar-refractivity contribution in [3.63, 3.8) is 0 Å². The highest BCUT2D eigenvalue weighted by Gasteiger charge is 2.27. The quantitative estimate of drug-likeness (QED) is 0.501. The number of carbonyl (C=O) groups excluding carboxylic acids is 2. The molecule has 1 atom stereocenters. The van der Waals surface area contributed by atoms with Crippen molar-refractivity contribution in [2.24, 2.45) is 11.8 Å². The molecule has 2 aliphatic rings. The van der Waals surface area contributed by atoms with Crippen molar-refractivity contribution in [2.45, 2.75) is 37.0 Å². The van der Waals surface area contributed by atoms with E-state index >= 15 is 0 Å². The van der Waals surface area contributed by atoms with Gasteiger partial charge in [0.15, 0.2) is 0 Å². The van der Waals surface area contributed by atoms with Crippen molar-refractivity contribution in [3.8, 4) is 0 Å². The van der Waals surface area contributed by atoms with Crippen LogP contribution in [0.1, 0.15) is 30.4 Å². The molecule has 5 rings (SSSR count). The van der Waals surface area contributed by atoms with E-state index in [2.05, 4.69) is 22.2 Å². The molecule has 194 valence electrons. The molecule has 1 aliphatic heterocycles. The number of nitrogens with zero attached hydrogens (tertiary/aromatic N) is 1. The lowest BCUT2D eigenvalue weighted by atomic mass is 9.83. The third kappa shape index (κ3) is 5.86. The smallest absolute Gasteiger partial charge is 0.241 e. The van der Waals surface area contributed by atoms with Crippen molar-refractivity contribution in [1.29, 1.82) is 0 Å². The molecule has 2 N–H and O–H groups in total. The molecular weight excluding hydrogens is 486 g/mol. The van der Waals surface area contributed by atoms with Gasteiger partial charge < -0.3 is 10.2 Å². The van der Waals surface area contributed by atoms with E-state index in [4.69, 9.17) is 0 Å². The predicted octanol–water partition coefficient (Wildman–Crippen LogP) is 3.28. The van der Waals surface area contributed by atoms with Gasteiger partial charge >= 0.3 is 0 Å². The normalized spacial score (nSPS) is 18.4. The Labute approximate surface area is 218 Å². The van der Waals surface area contributed by atoms with Gasteiger partial charge in [0, 0.05) is 30.9 Å². The molecular formula is C29H33N3O4S. The number of rotatable bonds is 7. The minimum absolute atomic E-state index is 0.00928. The van der Waals surface area contributed by atoms with E-state index in [-0.39, 0.29) is 35.1 Å². The summed E-state index contributed by atoms with van der Waals surface area (Å²) in [5, 5.41) is 4.44. The van der Waals surface area contributed by atoms with Crippen LogP contribution in [0.3, 0.4) is 0 Å². The van der Waals surface area contributed by atoms with Gasteiger partial charge in [-0.25, -0.2) is 13.1 Å². The highest BCUT2D eigenvalue weighted by Crippen LogP contribution is 2.26. The molecule has 3 aromatic rings. The maximum absolute atomic E-state index is 13.0. The molecule has 1 fully saturated rings. The standard InChI is InChI=1S/C29H33N3O4S/c33-28(20-30-29(34)25-13-12-22-6-1-2-8-24(22)18-25)32-16-14-21(15-17-32)19-31-37(35,36)27-11-5-9-23-7-3-4-10-26(23)27/h1-11,21,25,31H,12-20H2,(H,30,34). The molecule has 1 aliphatic carbocycles. The number of amides is 2. The molecule has 1 saturated heterocycles. The fourth-order valence-electron chi connectivity index (χ4n) is 5.46. The Morgan fingerprint density at radius 3 is 2.38 bits per heavy atom. The van der Waals surface area contributed by atoms with Crippen LogP contribution in [0.5, 0.6) is 0 Å². The number of aryl methyl sites for hydroxylation is 1. The Bertz CT molecular complexity index is 1390. The lowest BCUT2D eigenvalue weighted by Crippen LogP contribution is -2.46. The molecule has 8 heteroatoms. The van der Waals surface area contributed by atoms with Gasteiger partial charge in [0.1, 0.15) is 0 Å². The minimum atomic E-state index is -3.64. The molecule has 0 bridgehead atoms. The number of carbonyl (C=O) groups is 2. The van der Waals surface area contributed by atoms with Crippen LogP contribution in [-0.4, -0.2) is 51.3 Å². The van der Waals surface area contributed by atoms with Gasteiger partial charge in [0.05, 0.1) is 11.4 Å². The van der Waals surface area contributed by atoms with Gasteiger partial charge in [-0.15, -0.1) is 0 Å². The topological polar surface area (TPSA) is 95.6 Å². The van der Waals surface area contributed by atoms with Crippen LogP contribution >= 0.6 is 0 Å². The summed E-state index contributed by atoms with van der Waals surface area (Å²) in [4.78, 5) is 27.5. The highest BCUT2D eigenvalue weighted by molar-refractivity contribution is 7.89. The fraction of sp³-hybridized carbons (Fsp3) is 0.379. The molecule has 0 spiro atoms. The zero-order valence-corrected chi connectivity index (χ0v) is 21.7. The fourth-order valence-corrected chi connectivity index (χ4v) is 6.81. The van der Waals surface area contributed by atoms with Gasteiger partial charge in [-0.05, 0) is 60.6 Å². The number of piperidine rings is 1. The summed E-state index contributed by atoms with van der Waals surface area (Å²) >= 11 is 0. The molecule has 7 nitrogen and oxygen atoms in total. The van der Waals surface area contributed by atoms with E-state index in [0.29, 0.717) is 25.0 Å². The van der Waals surface area contributed by atoms with E-state index in [0.717, 1.165) is 37.5 Å². The number of likely N-dealkylation sites (tertiary alicyclic amines) is 1. The van der Waals surface area contributed by atoms with Gasteiger partial charge in [0.2, 0.25) is 21.8 Å². The largest absolute Gasteiger partial charge is 0.347 e. The Morgan fingerprint density at radius 1 is 0.865 bits per heavy atom. The number of sulfonamides is 1. The third-order valence-corrected chi connectivity index (χ3v) is 9.18. The maximum atomic E-state index is 13.0. The zero-order chi connectivity index (χ0) is 25.8. The lowest BCUT2D eigenvalue weighted by Gasteiger charge is -2.32. The first-order valence-electron chi connectivity index (χ1n) is 13.0. The molecule has 37 heavy (non-hydrogen) atoms. The van der Waals surface area contributed by atoms with Crippen LogP contribution in [0, 0.1) is 11.8 Å². The van der Waals surface area contributed by atoms with Crippen LogP contribution in [0.15, 0.2) is 71.6 Å². The Hall–Kier alpha value is -3.23. The molecule has 2 amide bonds. The number of hydrogen-bond donors (Lipinski definition) is 2. The number of hydrogen-bond acceptors (Lipinski definition) is 4. The lowest BCUT2D eigenvalue weighted by molar-refractivity contribution is -0.135. The first-order chi connectivity index (χ1) is 17.9. The Kier molecular flexibility index (Phi) is 7.58. The highest BCUT2D eigenvalue weighted by atomic mass is 32.2. The van der Waals surface area contributed by atoms with E-state index < -0.39 is 10.0 Å². The van der Waals surface area contributed by atoms with E-state index in [1.807, 2.05) is 42.5 Å². The van der Waals surface area contributed by atoms with E-state index in [9.17, 15) is 18.0 Å². The minimum Gasteiger partial charge on any atom is -0.347 e. The summed E-state index contributed by atoms with van der Waals surface area (Å²) in [7, 11) is -3.64. The van der Waals surface area contributed by atoms with Crippen LogP contribution in [0.2, 0.25) is 0 Å². The van der Waals surface area contributed by atoms with E-state index in [1.165, 1.54) is 11.1 Å². The third-order valence-electron chi connectivity index (χ3n) is 7.70. The number of nitrogens with one attached hydrogen (secondary N) is 2. The van der Waals surface area contributed by atoms with E-state index in [1.54, 1.807) is 17.0 Å². The summed E-state index contributed by atoms with van der Waals surface area (Å²) in [6, 6.07) is 21.0. The van der Waals surface area contributed by atoms with Crippen molar-refractivity contribution < 1.29 is 18.0 Å². The second-order valence-corrected chi connectivity index (χ2v) is 11.8. The molecule has 1 unspecified atom stereocenters. The van der Waals surface area contributed by atoms with Crippen molar-refractivity contribution in [3.05, 3.63) is 77.9 Å². The number of benzene rings is 3. The SMILES string of the molecule is O=C(NCC(=O)N1CCC(CNS(=O)(=O)c2cccc3ccccc23)CC1)C1CCc2ccccc2C1. The van der Waals surface area contributed by atoms with Crippen molar-refractivity contribution in [1.82, 2.24) is 14.9 Å². The monoisotopic (exact) mass is 519 g/mol. The summed E-state index contributed by atoms with van der Waals surface area (Å²) < 4.78 is 28.8. The van der Waals surface area contributed by atoms with Crippen LogP contribution in [0.4, 0.5) is 0 Å². The van der Waals surface area contributed by atoms with Gasteiger partial charge in [-0.1, -0.05) is 60.7 Å².